The van der Waals surface area contributed by atoms with E-state index >= 15 is 0 Å². The first-order valence-electron chi connectivity index (χ1n) is 22.4. The third-order valence-corrected chi connectivity index (χ3v) is 11.6. The third-order valence-electron chi connectivity index (χ3n) is 11.6. The van der Waals surface area contributed by atoms with Crippen LogP contribution in [0.2, 0.25) is 0 Å². The van der Waals surface area contributed by atoms with Gasteiger partial charge in [0, 0.05) is 43.4 Å². The molecule has 0 aromatic heterocycles. The van der Waals surface area contributed by atoms with Gasteiger partial charge in [0.1, 0.15) is 11.8 Å². The quantitative estimate of drug-likeness (QED) is 0.0442. The van der Waals surface area contributed by atoms with E-state index in [1.165, 1.54) is 13.8 Å². The van der Waals surface area contributed by atoms with Crippen molar-refractivity contribution in [2.45, 2.75) is 177 Å². The predicted octanol–water partition coefficient (Wildman–Crippen LogP) is 2.52. The molecular formula is C45H82N6O10. The number of unbranched alkanes of at least 4 members (excludes halogenated alkanes) is 1. The highest BCUT2D eigenvalue weighted by Gasteiger charge is 2.38. The van der Waals surface area contributed by atoms with Gasteiger partial charge in [0.05, 0.1) is 36.3 Å². The minimum atomic E-state index is -1.52. The number of carbonyl (C=O) groups excluding carboxylic acids is 8. The zero-order chi connectivity index (χ0) is 47.3. The Labute approximate surface area is 365 Å². The van der Waals surface area contributed by atoms with Gasteiger partial charge in [-0.25, -0.2) is 0 Å². The summed E-state index contributed by atoms with van der Waals surface area (Å²) in [4.78, 5) is 107. The van der Waals surface area contributed by atoms with Crippen molar-refractivity contribution < 1.29 is 48.6 Å². The number of Topliss-reactive ketones (excluding diaryl/α,β-unsaturated/α-hetero) is 4. The van der Waals surface area contributed by atoms with Crippen LogP contribution < -0.4 is 32.7 Å². The van der Waals surface area contributed by atoms with Crippen molar-refractivity contribution in [1.82, 2.24) is 21.3 Å². The van der Waals surface area contributed by atoms with E-state index in [1.807, 2.05) is 34.6 Å². The average molecular weight is 867 g/mol. The number of aliphatic hydroxyl groups excluding tert-OH is 2. The lowest BCUT2D eigenvalue weighted by Gasteiger charge is -2.30. The fourth-order valence-electron chi connectivity index (χ4n) is 7.35. The monoisotopic (exact) mass is 867 g/mol. The first kappa shape index (κ1) is 57.4. The lowest BCUT2D eigenvalue weighted by Crippen LogP contribution is -2.53. The molecule has 11 atom stereocenters. The lowest BCUT2D eigenvalue weighted by molar-refractivity contribution is -0.139. The van der Waals surface area contributed by atoms with Crippen molar-refractivity contribution in [3.8, 4) is 0 Å². The maximum absolute atomic E-state index is 13.9. The van der Waals surface area contributed by atoms with Crippen LogP contribution in [-0.2, 0) is 38.4 Å². The van der Waals surface area contributed by atoms with Crippen LogP contribution in [-0.4, -0.2) is 107 Å². The van der Waals surface area contributed by atoms with Gasteiger partial charge >= 0.3 is 0 Å². The average Bonchev–Trinajstić information content (AvgIpc) is 3.17. The molecule has 61 heavy (non-hydrogen) atoms. The standard InChI is InChI=1S/C45H82N6O10/c1-13-27(8)40(38(56)20-31(42(47)58)18-24(2)3)50-44(60)33(26(6)7)22-39(57)41(30(11)53)51-45(61)34(29(10)52)23-37(55)35(16-14-15-17-46)49-43(59)32(19-25(4)5)21-36(54)28(9)48-12/h24-35,40-41,48,52-53H,13-23,46H2,1-12H3,(H2,47,58)(H,49,59)(H,50,60)(H,51,61)/t27-,28-,29+,30+,31+,32+,33-,34-,35-,40-,41-/m0/s1. The molecule has 0 aliphatic carbocycles. The van der Waals surface area contributed by atoms with Gasteiger partial charge in [-0.05, 0) is 90.1 Å². The topological polar surface area (TPSA) is 277 Å². The van der Waals surface area contributed by atoms with Crippen LogP contribution in [0.4, 0.5) is 0 Å². The van der Waals surface area contributed by atoms with Gasteiger partial charge in [0.25, 0.3) is 0 Å². The molecule has 0 heterocycles. The molecule has 10 N–H and O–H groups in total. The number of rotatable bonds is 33. The zero-order valence-corrected chi connectivity index (χ0v) is 39.2. The summed E-state index contributed by atoms with van der Waals surface area (Å²) < 4.78 is 0. The van der Waals surface area contributed by atoms with Gasteiger partial charge in [-0.2, -0.15) is 0 Å². The van der Waals surface area contributed by atoms with E-state index in [0.717, 1.165) is 0 Å². The first-order valence-corrected chi connectivity index (χ1v) is 22.4. The van der Waals surface area contributed by atoms with E-state index < -0.39 is 114 Å². The largest absolute Gasteiger partial charge is 0.393 e. The molecular weight excluding hydrogens is 785 g/mol. The molecule has 16 heteroatoms. The number of likely N-dealkylation sites (N-methyl/N-ethyl adjacent to an activating group) is 1. The molecule has 0 bridgehead atoms. The van der Waals surface area contributed by atoms with E-state index in [2.05, 4.69) is 21.3 Å². The minimum Gasteiger partial charge on any atom is -0.393 e. The Balaban J connectivity index is 6.32. The Bertz CT molecular complexity index is 1430. The molecule has 0 aliphatic rings. The summed E-state index contributed by atoms with van der Waals surface area (Å²) in [6.07, 6.45) is -1.35. The van der Waals surface area contributed by atoms with Crippen molar-refractivity contribution in [1.29, 1.82) is 0 Å². The molecule has 352 valence electrons. The summed E-state index contributed by atoms with van der Waals surface area (Å²) in [7, 11) is 1.65. The molecule has 0 aliphatic heterocycles. The Morgan fingerprint density at radius 2 is 1.07 bits per heavy atom. The molecule has 0 saturated heterocycles. The van der Waals surface area contributed by atoms with Gasteiger partial charge in [-0.15, -0.1) is 0 Å². The molecule has 0 radical (unpaired) electrons. The maximum Gasteiger partial charge on any atom is 0.226 e. The van der Waals surface area contributed by atoms with E-state index in [0.29, 0.717) is 38.6 Å². The number of nitrogens with one attached hydrogen (secondary N) is 4. The van der Waals surface area contributed by atoms with Crippen LogP contribution in [0.1, 0.15) is 140 Å². The van der Waals surface area contributed by atoms with Crippen molar-refractivity contribution >= 4 is 46.8 Å². The second kappa shape index (κ2) is 28.9. The molecule has 0 aromatic carbocycles. The van der Waals surface area contributed by atoms with Crippen molar-refractivity contribution in [2.24, 2.45) is 58.8 Å². The first-order chi connectivity index (χ1) is 28.3. The lowest BCUT2D eigenvalue weighted by atomic mass is 9.84. The number of primary amides is 1. The number of carbonyl (C=O) groups is 8. The van der Waals surface area contributed by atoms with E-state index in [9.17, 15) is 48.6 Å². The van der Waals surface area contributed by atoms with Gasteiger partial charge in [-0.3, -0.25) is 38.4 Å². The molecule has 0 fully saturated rings. The van der Waals surface area contributed by atoms with Gasteiger partial charge in [0.2, 0.25) is 23.6 Å². The van der Waals surface area contributed by atoms with Gasteiger partial charge in [-0.1, -0.05) is 61.8 Å². The molecule has 16 nitrogen and oxygen atoms in total. The normalized spacial score (nSPS) is 17.2. The predicted molar refractivity (Wildman–Crippen MR) is 235 cm³/mol. The summed E-state index contributed by atoms with van der Waals surface area (Å²) in [5.41, 5.74) is 11.3. The van der Waals surface area contributed by atoms with Crippen molar-refractivity contribution in [3.63, 3.8) is 0 Å². The highest BCUT2D eigenvalue weighted by atomic mass is 16.3. The number of aliphatic hydroxyl groups is 2. The molecule has 4 amide bonds. The van der Waals surface area contributed by atoms with Crippen LogP contribution >= 0.6 is 0 Å². The third kappa shape index (κ3) is 20.9. The fourth-order valence-corrected chi connectivity index (χ4v) is 7.35. The molecule has 0 rings (SSSR count). The Morgan fingerprint density at radius 1 is 0.574 bits per heavy atom. The van der Waals surface area contributed by atoms with Gasteiger partial charge < -0.3 is 42.9 Å². The molecule has 0 aromatic rings. The SMILES string of the molecule is CC[C@H](C)[C@H](NC(=O)[C@@H](CC(=O)[C@@H](NC(=O)[C@@H](CC(=O)[C@H](CCCCN)NC(=O)[C@@H](CC(=O)[C@H](C)NC)CC(C)C)[C@@H](C)O)[C@@H](C)O)C(C)C)C(=O)C[C@@H](CC(C)C)C(N)=O. The fraction of sp³-hybridized carbons (Fsp3) is 0.822. The summed E-state index contributed by atoms with van der Waals surface area (Å²) >= 11 is 0. The number of nitrogens with two attached hydrogens (primary N) is 2. The molecule has 0 unspecified atom stereocenters. The van der Waals surface area contributed by atoms with Crippen LogP contribution in [0.3, 0.4) is 0 Å². The number of hydrogen-bond acceptors (Lipinski definition) is 12. The smallest absolute Gasteiger partial charge is 0.226 e. The Hall–Kier alpha value is -3.60. The molecule has 0 saturated carbocycles. The zero-order valence-electron chi connectivity index (χ0n) is 39.2. The second-order valence-electron chi connectivity index (χ2n) is 18.4. The van der Waals surface area contributed by atoms with Crippen LogP contribution in [0.15, 0.2) is 0 Å². The Kier molecular flexibility index (Phi) is 27.2. The van der Waals surface area contributed by atoms with Crippen LogP contribution in [0, 0.1) is 47.3 Å². The van der Waals surface area contributed by atoms with Crippen LogP contribution in [0.25, 0.3) is 0 Å². The summed E-state index contributed by atoms with van der Waals surface area (Å²) in [6.45, 7) is 19.5. The van der Waals surface area contributed by atoms with E-state index in [1.54, 1.807) is 34.7 Å². The second-order valence-corrected chi connectivity index (χ2v) is 18.4. The van der Waals surface area contributed by atoms with E-state index in [-0.39, 0.29) is 48.6 Å². The van der Waals surface area contributed by atoms with Gasteiger partial charge in [0.15, 0.2) is 17.3 Å². The highest BCUT2D eigenvalue weighted by Crippen LogP contribution is 2.24. The number of hydrogen-bond donors (Lipinski definition) is 8. The summed E-state index contributed by atoms with van der Waals surface area (Å²) in [5, 5.41) is 32.5. The van der Waals surface area contributed by atoms with Crippen LogP contribution in [0.5, 0.6) is 0 Å². The Morgan fingerprint density at radius 3 is 1.52 bits per heavy atom. The molecule has 0 spiro atoms. The van der Waals surface area contributed by atoms with E-state index in [4.69, 9.17) is 11.5 Å². The minimum absolute atomic E-state index is 0.0328. The number of ketones is 4. The maximum atomic E-state index is 13.9. The van der Waals surface area contributed by atoms with Crippen molar-refractivity contribution in [3.05, 3.63) is 0 Å². The highest BCUT2D eigenvalue weighted by molar-refractivity contribution is 5.98. The summed E-state index contributed by atoms with van der Waals surface area (Å²) in [6, 6.07) is -4.00. The summed E-state index contributed by atoms with van der Waals surface area (Å²) in [5.74, 6) is -8.57. The van der Waals surface area contributed by atoms with Crippen molar-refractivity contribution in [2.75, 3.05) is 13.6 Å². The number of amides is 4.